The Morgan fingerprint density at radius 1 is 1.17 bits per heavy atom. The second-order valence-electron chi connectivity index (χ2n) is 9.87. The first-order chi connectivity index (χ1) is 14.2. The van der Waals surface area contributed by atoms with Crippen LogP contribution in [0.5, 0.6) is 0 Å². The highest BCUT2D eigenvalue weighted by atomic mass is 16.5. The zero-order valence-electron chi connectivity index (χ0n) is 19.0. The summed E-state index contributed by atoms with van der Waals surface area (Å²) < 4.78 is 4.63. The summed E-state index contributed by atoms with van der Waals surface area (Å²) >= 11 is 0. The summed E-state index contributed by atoms with van der Waals surface area (Å²) in [5.74, 6) is 0.219. The molecule has 0 aromatic rings. The first-order valence-electron chi connectivity index (χ1n) is 11.7. The van der Waals surface area contributed by atoms with Gasteiger partial charge in [-0.1, -0.05) is 44.6 Å². The van der Waals surface area contributed by atoms with Crippen molar-refractivity contribution in [3.63, 3.8) is 0 Å². The zero-order chi connectivity index (χ0) is 22.1. The van der Waals surface area contributed by atoms with Gasteiger partial charge < -0.3 is 20.1 Å². The number of methoxy groups -OCH3 is 1. The lowest BCUT2D eigenvalue weighted by atomic mass is 9.70. The van der Waals surface area contributed by atoms with Crippen molar-refractivity contribution in [1.29, 1.82) is 0 Å². The summed E-state index contributed by atoms with van der Waals surface area (Å²) in [6.07, 6.45) is 15.1. The molecule has 0 heterocycles. The molecule has 5 heteroatoms. The van der Waals surface area contributed by atoms with Crippen LogP contribution >= 0.6 is 0 Å². The highest BCUT2D eigenvalue weighted by molar-refractivity contribution is 5.69. The molecule has 2 rings (SSSR count). The van der Waals surface area contributed by atoms with Crippen molar-refractivity contribution in [3.05, 3.63) is 24.3 Å². The molecule has 0 bridgehead atoms. The third-order valence-corrected chi connectivity index (χ3v) is 7.13. The van der Waals surface area contributed by atoms with Crippen LogP contribution in [0.4, 0.5) is 0 Å². The predicted molar refractivity (Wildman–Crippen MR) is 119 cm³/mol. The van der Waals surface area contributed by atoms with E-state index in [4.69, 9.17) is 0 Å². The van der Waals surface area contributed by atoms with Crippen molar-refractivity contribution in [2.45, 2.75) is 96.4 Å². The van der Waals surface area contributed by atoms with E-state index >= 15 is 0 Å². The SMILES string of the molecule is COC(=O)CC/C=C\CCC1C(O)C[C@@H](O)[C@@H]1CC(C)C[C@H](O)/C=C/C1(C)CCC1. The van der Waals surface area contributed by atoms with Gasteiger partial charge in [0, 0.05) is 6.42 Å². The number of carbonyl (C=O) groups excluding carboxylic acids is 1. The summed E-state index contributed by atoms with van der Waals surface area (Å²) in [7, 11) is 1.39. The molecule has 2 aliphatic rings. The number of ether oxygens (including phenoxy) is 1. The number of carbonyl (C=O) groups is 1. The van der Waals surface area contributed by atoms with Gasteiger partial charge in [-0.3, -0.25) is 4.79 Å². The van der Waals surface area contributed by atoms with E-state index in [0.717, 1.165) is 19.3 Å². The van der Waals surface area contributed by atoms with Crippen LogP contribution in [-0.4, -0.2) is 46.7 Å². The summed E-state index contributed by atoms with van der Waals surface area (Å²) in [5, 5.41) is 31.3. The monoisotopic (exact) mass is 422 g/mol. The molecular weight excluding hydrogens is 380 g/mol. The summed E-state index contributed by atoms with van der Waals surface area (Å²) in [5.41, 5.74) is 0.269. The van der Waals surface area contributed by atoms with Crippen LogP contribution in [-0.2, 0) is 9.53 Å². The van der Waals surface area contributed by atoms with Gasteiger partial charge in [-0.15, -0.1) is 0 Å². The average Bonchev–Trinajstić information content (AvgIpc) is 2.93. The van der Waals surface area contributed by atoms with Gasteiger partial charge in [0.25, 0.3) is 0 Å². The number of allylic oxidation sites excluding steroid dienone is 3. The maximum Gasteiger partial charge on any atom is 0.305 e. The summed E-state index contributed by atoms with van der Waals surface area (Å²) in [6, 6.07) is 0. The largest absolute Gasteiger partial charge is 0.469 e. The minimum atomic E-state index is -0.475. The Bertz CT molecular complexity index is 580. The Balaban J connectivity index is 1.77. The third kappa shape index (κ3) is 7.82. The maximum atomic E-state index is 11.1. The molecule has 172 valence electrons. The van der Waals surface area contributed by atoms with E-state index in [1.165, 1.54) is 26.4 Å². The normalized spacial score (nSPS) is 30.5. The minimum absolute atomic E-state index is 0.0683. The second-order valence-corrected chi connectivity index (χ2v) is 9.87. The Labute approximate surface area is 182 Å². The first kappa shape index (κ1) is 25.1. The Kier molecular flexibility index (Phi) is 10.1. The Morgan fingerprint density at radius 2 is 1.83 bits per heavy atom. The molecular formula is C25H42O5. The van der Waals surface area contributed by atoms with E-state index in [0.29, 0.717) is 25.7 Å². The molecule has 2 fully saturated rings. The van der Waals surface area contributed by atoms with Gasteiger partial charge in [0.1, 0.15) is 0 Å². The molecule has 5 nitrogen and oxygen atoms in total. The summed E-state index contributed by atoms with van der Waals surface area (Å²) in [4.78, 5) is 11.1. The lowest BCUT2D eigenvalue weighted by molar-refractivity contribution is -0.140. The van der Waals surface area contributed by atoms with E-state index in [-0.39, 0.29) is 29.1 Å². The lowest BCUT2D eigenvalue weighted by Crippen LogP contribution is -2.26. The molecule has 0 radical (unpaired) electrons. The van der Waals surface area contributed by atoms with Crippen LogP contribution in [0.25, 0.3) is 0 Å². The van der Waals surface area contributed by atoms with Crippen LogP contribution in [0.1, 0.15) is 78.1 Å². The molecule has 6 atom stereocenters. The van der Waals surface area contributed by atoms with Crippen molar-refractivity contribution in [1.82, 2.24) is 0 Å². The van der Waals surface area contributed by atoms with Gasteiger partial charge in [0.15, 0.2) is 0 Å². The fourth-order valence-corrected chi connectivity index (χ4v) is 5.03. The zero-order valence-corrected chi connectivity index (χ0v) is 19.0. The quantitative estimate of drug-likeness (QED) is 0.325. The fraction of sp³-hybridized carbons (Fsp3) is 0.800. The number of hydrogen-bond donors (Lipinski definition) is 3. The van der Waals surface area contributed by atoms with Gasteiger partial charge in [-0.25, -0.2) is 0 Å². The highest BCUT2D eigenvalue weighted by Crippen LogP contribution is 2.42. The molecule has 3 N–H and O–H groups in total. The van der Waals surface area contributed by atoms with Gasteiger partial charge in [-0.2, -0.15) is 0 Å². The van der Waals surface area contributed by atoms with E-state index in [1.54, 1.807) is 0 Å². The lowest BCUT2D eigenvalue weighted by Gasteiger charge is -2.35. The number of esters is 1. The molecule has 0 amide bonds. The number of hydrogen-bond acceptors (Lipinski definition) is 5. The summed E-state index contributed by atoms with van der Waals surface area (Å²) in [6.45, 7) is 4.37. The van der Waals surface area contributed by atoms with Crippen LogP contribution in [0.2, 0.25) is 0 Å². The smallest absolute Gasteiger partial charge is 0.305 e. The molecule has 30 heavy (non-hydrogen) atoms. The molecule has 3 unspecified atom stereocenters. The van der Waals surface area contributed by atoms with Crippen molar-refractivity contribution < 1.29 is 24.9 Å². The number of rotatable bonds is 12. The van der Waals surface area contributed by atoms with Crippen molar-refractivity contribution in [3.8, 4) is 0 Å². The fourth-order valence-electron chi connectivity index (χ4n) is 5.03. The molecule has 0 saturated heterocycles. The van der Waals surface area contributed by atoms with Gasteiger partial charge in [0.05, 0.1) is 25.4 Å². The molecule has 2 aliphatic carbocycles. The molecule has 0 aromatic heterocycles. The van der Waals surface area contributed by atoms with Crippen LogP contribution < -0.4 is 0 Å². The average molecular weight is 423 g/mol. The molecule has 0 spiro atoms. The van der Waals surface area contributed by atoms with E-state index in [2.05, 4.69) is 30.7 Å². The van der Waals surface area contributed by atoms with E-state index in [1.807, 2.05) is 12.2 Å². The van der Waals surface area contributed by atoms with E-state index < -0.39 is 18.3 Å². The van der Waals surface area contributed by atoms with Gasteiger partial charge >= 0.3 is 5.97 Å². The van der Waals surface area contributed by atoms with Crippen molar-refractivity contribution in [2.75, 3.05) is 7.11 Å². The first-order valence-corrected chi connectivity index (χ1v) is 11.7. The Hall–Kier alpha value is -1.17. The minimum Gasteiger partial charge on any atom is -0.469 e. The number of aliphatic hydroxyl groups is 3. The molecule has 2 saturated carbocycles. The number of aliphatic hydroxyl groups excluding tert-OH is 3. The van der Waals surface area contributed by atoms with Crippen molar-refractivity contribution >= 4 is 5.97 Å². The topological polar surface area (TPSA) is 87.0 Å². The van der Waals surface area contributed by atoms with E-state index in [9.17, 15) is 20.1 Å². The van der Waals surface area contributed by atoms with Crippen LogP contribution in [0, 0.1) is 23.2 Å². The maximum absolute atomic E-state index is 11.1. The standard InChI is InChI=1S/C25H42O5/c1-18(15-19(26)11-14-25(2)12-8-13-25)16-21-20(22(27)17-23(21)28)9-6-4-5-7-10-24(29)30-3/h4-5,11,14,18-23,26-28H,6-10,12-13,15-17H2,1-3H3/b5-4-,14-11+/t18?,19-,20?,21-,22?,23-/m1/s1. The van der Waals surface area contributed by atoms with Gasteiger partial charge in [0.2, 0.25) is 0 Å². The van der Waals surface area contributed by atoms with Crippen LogP contribution in [0.3, 0.4) is 0 Å². The molecule has 0 aromatic carbocycles. The van der Waals surface area contributed by atoms with Crippen molar-refractivity contribution in [2.24, 2.45) is 23.2 Å². The second kappa shape index (κ2) is 12.0. The highest BCUT2D eigenvalue weighted by Gasteiger charge is 2.41. The molecule has 0 aliphatic heterocycles. The predicted octanol–water partition coefficient (Wildman–Crippen LogP) is 4.16. The Morgan fingerprint density at radius 3 is 2.47 bits per heavy atom. The third-order valence-electron chi connectivity index (χ3n) is 7.13. The van der Waals surface area contributed by atoms with Crippen LogP contribution in [0.15, 0.2) is 24.3 Å². The van der Waals surface area contributed by atoms with Gasteiger partial charge in [-0.05, 0) is 74.5 Å².